The van der Waals surface area contributed by atoms with E-state index in [-0.39, 0.29) is 0 Å². The summed E-state index contributed by atoms with van der Waals surface area (Å²) in [4.78, 5) is 4.76. The summed E-state index contributed by atoms with van der Waals surface area (Å²) in [7, 11) is 3.30. The van der Waals surface area contributed by atoms with Gasteiger partial charge < -0.3 is 23.5 Å². The van der Waals surface area contributed by atoms with Crippen LogP contribution >= 0.6 is 11.3 Å². The largest absolute Gasteiger partial charge is 0.496 e. The Balaban J connectivity index is 1.08. The van der Waals surface area contributed by atoms with E-state index in [2.05, 4.69) is 30.3 Å². The van der Waals surface area contributed by atoms with Crippen molar-refractivity contribution in [3.63, 3.8) is 0 Å². The van der Waals surface area contributed by atoms with E-state index in [9.17, 15) is 0 Å². The molecule has 43 heavy (non-hydrogen) atoms. The molecule has 0 aliphatic heterocycles. The third kappa shape index (κ3) is 6.20. The lowest BCUT2D eigenvalue weighted by Gasteiger charge is -2.12. The van der Waals surface area contributed by atoms with Crippen LogP contribution in [-0.2, 0) is 0 Å². The van der Waals surface area contributed by atoms with Gasteiger partial charge in [-0.3, -0.25) is 0 Å². The standard InChI is InChI=1S/C35H32N2O5S/c1-22-17-26(20-31(39-4)23(22)2)29-21-32(42-37-29)24-13-14-30(38-3)33(19-24)41-16-8-15-40-27-10-7-9-25(18-27)35-36-28-11-5-6-12-34(28)43-35/h5-7,9-14,17-21H,8,15-16H2,1-4H3. The van der Waals surface area contributed by atoms with Crippen molar-refractivity contribution in [2.45, 2.75) is 20.3 Å². The molecule has 0 saturated heterocycles. The van der Waals surface area contributed by atoms with Gasteiger partial charge in [-0.05, 0) is 79.6 Å². The minimum Gasteiger partial charge on any atom is -0.496 e. The predicted molar refractivity (Wildman–Crippen MR) is 171 cm³/mol. The van der Waals surface area contributed by atoms with Gasteiger partial charge >= 0.3 is 0 Å². The zero-order valence-electron chi connectivity index (χ0n) is 24.5. The molecule has 218 valence electrons. The van der Waals surface area contributed by atoms with E-state index >= 15 is 0 Å². The Bertz CT molecular complexity index is 1840. The highest BCUT2D eigenvalue weighted by atomic mass is 32.1. The Morgan fingerprint density at radius 3 is 2.37 bits per heavy atom. The summed E-state index contributed by atoms with van der Waals surface area (Å²) in [6.45, 7) is 5.07. The Morgan fingerprint density at radius 2 is 1.53 bits per heavy atom. The first-order valence-electron chi connectivity index (χ1n) is 14.0. The molecular weight excluding hydrogens is 560 g/mol. The fourth-order valence-electron chi connectivity index (χ4n) is 4.82. The van der Waals surface area contributed by atoms with E-state index in [4.69, 9.17) is 28.5 Å². The molecule has 6 aromatic rings. The van der Waals surface area contributed by atoms with Crippen molar-refractivity contribution in [1.29, 1.82) is 0 Å². The van der Waals surface area contributed by atoms with E-state index < -0.39 is 0 Å². The highest BCUT2D eigenvalue weighted by Gasteiger charge is 2.15. The van der Waals surface area contributed by atoms with E-state index in [0.29, 0.717) is 36.9 Å². The molecule has 0 spiro atoms. The zero-order chi connectivity index (χ0) is 29.8. The highest BCUT2D eigenvalue weighted by molar-refractivity contribution is 7.21. The van der Waals surface area contributed by atoms with Gasteiger partial charge in [0.2, 0.25) is 0 Å². The Hall–Kier alpha value is -4.82. The minimum absolute atomic E-state index is 0.460. The van der Waals surface area contributed by atoms with Gasteiger partial charge in [-0.1, -0.05) is 29.4 Å². The van der Waals surface area contributed by atoms with Crippen LogP contribution in [0.25, 0.3) is 43.4 Å². The van der Waals surface area contributed by atoms with Crippen LogP contribution in [0.1, 0.15) is 17.5 Å². The van der Waals surface area contributed by atoms with Gasteiger partial charge in [0.25, 0.3) is 0 Å². The van der Waals surface area contributed by atoms with Crippen molar-refractivity contribution in [3.8, 4) is 56.2 Å². The lowest BCUT2D eigenvalue weighted by molar-refractivity contribution is 0.240. The van der Waals surface area contributed by atoms with Crippen molar-refractivity contribution in [2.24, 2.45) is 0 Å². The Labute approximate surface area is 254 Å². The van der Waals surface area contributed by atoms with Gasteiger partial charge in [-0.15, -0.1) is 11.3 Å². The number of para-hydroxylation sites is 1. The second kappa shape index (κ2) is 12.6. The highest BCUT2D eigenvalue weighted by Crippen LogP contribution is 2.36. The van der Waals surface area contributed by atoms with Crippen LogP contribution in [-0.4, -0.2) is 37.6 Å². The van der Waals surface area contributed by atoms with Gasteiger partial charge in [0.05, 0.1) is 37.6 Å². The Kier molecular flexibility index (Phi) is 8.29. The monoisotopic (exact) mass is 592 g/mol. The molecule has 2 heterocycles. The number of ether oxygens (including phenoxy) is 4. The summed E-state index contributed by atoms with van der Waals surface area (Å²) >= 11 is 1.68. The summed E-state index contributed by atoms with van der Waals surface area (Å²) < 4.78 is 30.1. The van der Waals surface area contributed by atoms with Crippen LogP contribution in [0.3, 0.4) is 0 Å². The zero-order valence-corrected chi connectivity index (χ0v) is 25.4. The molecule has 0 atom stereocenters. The number of aryl methyl sites for hydroxylation is 1. The van der Waals surface area contributed by atoms with Gasteiger partial charge in [0, 0.05) is 29.2 Å². The van der Waals surface area contributed by atoms with Crippen LogP contribution in [0.4, 0.5) is 0 Å². The topological polar surface area (TPSA) is 75.8 Å². The van der Waals surface area contributed by atoms with Crippen molar-refractivity contribution in [1.82, 2.24) is 10.1 Å². The van der Waals surface area contributed by atoms with Gasteiger partial charge in [0.15, 0.2) is 17.3 Å². The molecular formula is C35H32N2O5S. The SMILES string of the molecule is COc1ccc(-c2cc(-c3cc(C)c(C)c(OC)c3)no2)cc1OCCCOc1cccc(-c2nc3ccccc3s2)c1. The van der Waals surface area contributed by atoms with Crippen molar-refractivity contribution < 1.29 is 23.5 Å². The molecule has 0 N–H and O–H groups in total. The lowest BCUT2D eigenvalue weighted by atomic mass is 10.0. The van der Waals surface area contributed by atoms with Crippen LogP contribution < -0.4 is 18.9 Å². The molecule has 7 nitrogen and oxygen atoms in total. The lowest BCUT2D eigenvalue weighted by Crippen LogP contribution is -2.05. The molecule has 0 saturated carbocycles. The number of hydrogen-bond acceptors (Lipinski definition) is 8. The van der Waals surface area contributed by atoms with Crippen LogP contribution in [0.2, 0.25) is 0 Å². The van der Waals surface area contributed by atoms with E-state index in [1.165, 1.54) is 4.70 Å². The maximum absolute atomic E-state index is 6.11. The molecule has 4 aromatic carbocycles. The Morgan fingerprint density at radius 1 is 0.721 bits per heavy atom. The molecule has 8 heteroatoms. The van der Waals surface area contributed by atoms with Crippen molar-refractivity contribution in [3.05, 3.63) is 96.1 Å². The molecule has 0 bridgehead atoms. The maximum atomic E-state index is 6.11. The van der Waals surface area contributed by atoms with Gasteiger partial charge in [-0.2, -0.15) is 0 Å². The first-order chi connectivity index (χ1) is 21.0. The second-order valence-corrected chi connectivity index (χ2v) is 11.2. The molecule has 6 rings (SSSR count). The van der Waals surface area contributed by atoms with Crippen molar-refractivity contribution >= 4 is 21.6 Å². The number of methoxy groups -OCH3 is 2. The number of hydrogen-bond donors (Lipinski definition) is 0. The molecule has 0 radical (unpaired) electrons. The van der Waals surface area contributed by atoms with Crippen LogP contribution in [0.15, 0.2) is 89.5 Å². The summed E-state index contributed by atoms with van der Waals surface area (Å²) in [6, 6.07) is 27.9. The number of fused-ring (bicyclic) bond motifs is 1. The van der Waals surface area contributed by atoms with E-state index in [0.717, 1.165) is 55.5 Å². The third-order valence-corrected chi connectivity index (χ3v) is 8.37. The number of rotatable bonds is 11. The second-order valence-electron chi connectivity index (χ2n) is 10.1. The van der Waals surface area contributed by atoms with Crippen molar-refractivity contribution in [2.75, 3.05) is 27.4 Å². The van der Waals surface area contributed by atoms with Crippen LogP contribution in [0.5, 0.6) is 23.0 Å². The number of thiazole rings is 1. The van der Waals surface area contributed by atoms with Gasteiger partial charge in [-0.25, -0.2) is 4.98 Å². The minimum atomic E-state index is 0.460. The fraction of sp³-hybridized carbons (Fsp3) is 0.200. The van der Waals surface area contributed by atoms with Crippen LogP contribution in [0, 0.1) is 13.8 Å². The first-order valence-corrected chi connectivity index (χ1v) is 14.9. The van der Waals surface area contributed by atoms with E-state index in [1.807, 2.05) is 73.7 Å². The molecule has 0 aliphatic carbocycles. The summed E-state index contributed by atoms with van der Waals surface area (Å²) in [5, 5.41) is 5.29. The molecule has 0 unspecified atom stereocenters. The number of nitrogens with zero attached hydrogens (tertiary/aromatic N) is 2. The molecule has 0 amide bonds. The summed E-state index contributed by atoms with van der Waals surface area (Å²) in [5.41, 5.74) is 6.80. The predicted octanol–water partition coefficient (Wildman–Crippen LogP) is 8.77. The normalized spacial score (nSPS) is 11.1. The number of aromatic nitrogens is 2. The van der Waals surface area contributed by atoms with E-state index in [1.54, 1.807) is 25.6 Å². The summed E-state index contributed by atoms with van der Waals surface area (Å²) in [5.74, 6) is 3.54. The molecule has 0 aliphatic rings. The van der Waals surface area contributed by atoms with Gasteiger partial charge in [0.1, 0.15) is 22.2 Å². The number of benzene rings is 4. The third-order valence-electron chi connectivity index (χ3n) is 7.28. The average molecular weight is 593 g/mol. The quantitative estimate of drug-likeness (QED) is 0.139. The smallest absolute Gasteiger partial charge is 0.167 e. The first kappa shape index (κ1) is 28.3. The maximum Gasteiger partial charge on any atom is 0.167 e. The average Bonchev–Trinajstić information content (AvgIpc) is 3.70. The summed E-state index contributed by atoms with van der Waals surface area (Å²) in [6.07, 6.45) is 0.694. The molecule has 2 aromatic heterocycles. The molecule has 0 fully saturated rings. The fourth-order valence-corrected chi connectivity index (χ4v) is 5.78.